The van der Waals surface area contributed by atoms with Crippen LogP contribution in [0.2, 0.25) is 5.02 Å². The summed E-state index contributed by atoms with van der Waals surface area (Å²) in [5, 5.41) is 12.6. The average Bonchev–Trinajstić information content (AvgIpc) is 3.50. The molecule has 2 N–H and O–H groups in total. The van der Waals surface area contributed by atoms with Gasteiger partial charge in [-0.25, -0.2) is 18.0 Å². The van der Waals surface area contributed by atoms with Gasteiger partial charge in [0.1, 0.15) is 11.4 Å². The third kappa shape index (κ3) is 4.76. The summed E-state index contributed by atoms with van der Waals surface area (Å²) in [6.45, 7) is 3.62. The van der Waals surface area contributed by atoms with E-state index in [9.17, 15) is 28.3 Å². The van der Waals surface area contributed by atoms with E-state index in [0.717, 1.165) is 6.08 Å². The first-order valence-corrected chi connectivity index (χ1v) is 14.4. The van der Waals surface area contributed by atoms with Crippen LogP contribution in [0.1, 0.15) is 28.8 Å². The van der Waals surface area contributed by atoms with Crippen molar-refractivity contribution in [1.29, 1.82) is 0 Å². The van der Waals surface area contributed by atoms with E-state index in [1.54, 1.807) is 23.1 Å². The van der Waals surface area contributed by atoms with E-state index in [0.29, 0.717) is 22.0 Å². The molecule has 3 fully saturated rings. The van der Waals surface area contributed by atoms with Crippen LogP contribution >= 0.6 is 23.2 Å². The third-order valence-corrected chi connectivity index (χ3v) is 9.23. The van der Waals surface area contributed by atoms with Gasteiger partial charge in [0, 0.05) is 59.0 Å². The SMILES string of the molecule is C=C(Cl)/C=C\C=C(/F)[C@H]1[C@@H]2C(=O)N(c3ccc(C(=O)O)cc3)C[C@@H]2N(CC2CC(F)(F)C2)[C@@]12C(=O)Nc1cc(Cl)ccc12. The number of allylic oxidation sites excluding steroid dienone is 4. The van der Waals surface area contributed by atoms with Gasteiger partial charge in [-0.1, -0.05) is 41.9 Å². The Morgan fingerprint density at radius 3 is 2.49 bits per heavy atom. The fraction of sp³-hybridized carbons (Fsp3) is 0.323. The lowest BCUT2D eigenvalue weighted by atomic mass is 9.73. The number of alkyl halides is 2. The summed E-state index contributed by atoms with van der Waals surface area (Å²) < 4.78 is 44.5. The van der Waals surface area contributed by atoms with Crippen LogP contribution in [-0.4, -0.2) is 52.8 Å². The van der Waals surface area contributed by atoms with Gasteiger partial charge in [0.15, 0.2) is 0 Å². The molecule has 4 aliphatic rings. The van der Waals surface area contributed by atoms with Gasteiger partial charge in [-0.05, 0) is 54.5 Å². The van der Waals surface area contributed by atoms with Gasteiger partial charge in [0.25, 0.3) is 0 Å². The zero-order chi connectivity index (χ0) is 30.8. The van der Waals surface area contributed by atoms with Crippen molar-refractivity contribution in [2.45, 2.75) is 30.3 Å². The van der Waals surface area contributed by atoms with E-state index in [-0.39, 0.29) is 36.5 Å². The van der Waals surface area contributed by atoms with E-state index in [2.05, 4.69) is 11.9 Å². The van der Waals surface area contributed by atoms with Crippen LogP contribution in [0.25, 0.3) is 0 Å². The first-order valence-electron chi connectivity index (χ1n) is 13.6. The number of carboxylic acid groups (broad SMARTS) is 1. The van der Waals surface area contributed by atoms with Gasteiger partial charge in [0.2, 0.25) is 17.7 Å². The maximum absolute atomic E-state index is 16.6. The molecule has 1 spiro atoms. The van der Waals surface area contributed by atoms with E-state index >= 15 is 4.39 Å². The monoisotopic (exact) mass is 631 g/mol. The molecular formula is C31H26Cl2F3N3O4. The minimum Gasteiger partial charge on any atom is -0.478 e. The highest BCUT2D eigenvalue weighted by atomic mass is 35.5. The molecule has 3 aliphatic heterocycles. The van der Waals surface area contributed by atoms with Crippen molar-refractivity contribution in [1.82, 2.24) is 4.90 Å². The Labute approximate surface area is 255 Å². The first kappa shape index (κ1) is 29.5. The molecule has 0 bridgehead atoms. The molecule has 2 saturated heterocycles. The number of benzene rings is 2. The molecule has 2 amide bonds. The number of amides is 2. The number of nitrogens with zero attached hydrogens (tertiary/aromatic N) is 2. The highest BCUT2D eigenvalue weighted by molar-refractivity contribution is 6.31. The van der Waals surface area contributed by atoms with Crippen molar-refractivity contribution in [3.8, 4) is 0 Å². The van der Waals surface area contributed by atoms with Crippen molar-refractivity contribution >= 4 is 52.4 Å². The predicted octanol–water partition coefficient (Wildman–Crippen LogP) is 6.36. The van der Waals surface area contributed by atoms with E-state index < -0.39 is 58.9 Å². The Balaban J connectivity index is 1.50. The number of anilines is 2. The second-order valence-electron chi connectivity index (χ2n) is 11.4. The summed E-state index contributed by atoms with van der Waals surface area (Å²) in [5.74, 6) is -8.66. The minimum atomic E-state index is -2.83. The molecule has 3 heterocycles. The maximum atomic E-state index is 16.6. The molecule has 0 aromatic heterocycles. The molecule has 12 heteroatoms. The summed E-state index contributed by atoms with van der Waals surface area (Å²) in [6.07, 6.45) is 3.06. The van der Waals surface area contributed by atoms with Crippen molar-refractivity contribution in [2.24, 2.45) is 17.8 Å². The Morgan fingerprint density at radius 2 is 1.86 bits per heavy atom. The molecule has 0 radical (unpaired) electrons. The Morgan fingerprint density at radius 1 is 1.16 bits per heavy atom. The van der Waals surface area contributed by atoms with Crippen LogP contribution < -0.4 is 10.2 Å². The van der Waals surface area contributed by atoms with Gasteiger partial charge in [-0.2, -0.15) is 0 Å². The van der Waals surface area contributed by atoms with Crippen LogP contribution in [0.3, 0.4) is 0 Å². The molecule has 1 aliphatic carbocycles. The highest BCUT2D eigenvalue weighted by Gasteiger charge is 2.72. The number of aromatic carboxylic acids is 1. The molecule has 1 saturated carbocycles. The Bertz CT molecular complexity index is 1600. The number of carboxylic acids is 1. The van der Waals surface area contributed by atoms with Crippen molar-refractivity contribution < 1.29 is 32.7 Å². The van der Waals surface area contributed by atoms with Crippen LogP contribution in [0.5, 0.6) is 0 Å². The quantitative estimate of drug-likeness (QED) is 0.347. The summed E-state index contributed by atoms with van der Waals surface area (Å²) in [7, 11) is 0. The number of likely N-dealkylation sites (tertiary alicyclic amines) is 1. The zero-order valence-electron chi connectivity index (χ0n) is 22.6. The van der Waals surface area contributed by atoms with E-state index in [1.807, 2.05) is 0 Å². The lowest BCUT2D eigenvalue weighted by Crippen LogP contribution is -2.57. The molecule has 6 rings (SSSR count). The number of nitrogens with one attached hydrogen (secondary N) is 1. The predicted molar refractivity (Wildman–Crippen MR) is 156 cm³/mol. The molecule has 2 aromatic rings. The number of hydrogen-bond acceptors (Lipinski definition) is 4. The number of rotatable bonds is 7. The summed E-state index contributed by atoms with van der Waals surface area (Å²) in [4.78, 5) is 42.8. The van der Waals surface area contributed by atoms with Crippen molar-refractivity contribution in [2.75, 3.05) is 23.3 Å². The van der Waals surface area contributed by atoms with Gasteiger partial charge < -0.3 is 15.3 Å². The summed E-state index contributed by atoms with van der Waals surface area (Å²) >= 11 is 12.0. The summed E-state index contributed by atoms with van der Waals surface area (Å²) in [5.41, 5.74) is -0.525. The standard InChI is InChI=1S/C31H26Cl2F3N3O4/c1-16(32)3-2-4-22(34)26-25-24(15-38(27(25)40)20-8-5-18(6-9-20)28(41)42)39(14-17-12-30(35,36)13-17)31(26)21-10-7-19(33)11-23(21)37-29(31)43/h2-11,17,24-26H,1,12-15H2,(H,37,43)(H,41,42)/b3-2-,22-4-/t24-,25+,26-,31+/m0/s1. The smallest absolute Gasteiger partial charge is 0.335 e. The largest absolute Gasteiger partial charge is 0.478 e. The number of fused-ring (bicyclic) bond motifs is 3. The second-order valence-corrected chi connectivity index (χ2v) is 12.3. The highest BCUT2D eigenvalue weighted by Crippen LogP contribution is 2.61. The molecular weight excluding hydrogens is 606 g/mol. The molecule has 4 atom stereocenters. The first-order chi connectivity index (χ1) is 20.3. The average molecular weight is 632 g/mol. The number of halogens is 5. The molecule has 43 heavy (non-hydrogen) atoms. The normalized spacial score (nSPS) is 28.3. The third-order valence-electron chi connectivity index (χ3n) is 8.87. The van der Waals surface area contributed by atoms with Gasteiger partial charge >= 0.3 is 5.97 Å². The second kappa shape index (κ2) is 10.5. The topological polar surface area (TPSA) is 90.0 Å². The van der Waals surface area contributed by atoms with Crippen LogP contribution in [0, 0.1) is 17.8 Å². The number of carbonyl (C=O) groups is 3. The molecule has 0 unspecified atom stereocenters. The lowest BCUT2D eigenvalue weighted by Gasteiger charge is -2.45. The maximum Gasteiger partial charge on any atom is 0.335 e. The number of carbonyl (C=O) groups excluding carboxylic acids is 2. The van der Waals surface area contributed by atoms with Crippen molar-refractivity contribution in [3.63, 3.8) is 0 Å². The Kier molecular flexibility index (Phi) is 7.22. The van der Waals surface area contributed by atoms with Crippen molar-refractivity contribution in [3.05, 3.63) is 94.3 Å². The molecule has 7 nitrogen and oxygen atoms in total. The van der Waals surface area contributed by atoms with E-state index in [1.165, 1.54) is 41.3 Å². The lowest BCUT2D eigenvalue weighted by molar-refractivity contribution is -0.137. The van der Waals surface area contributed by atoms with E-state index in [4.69, 9.17) is 23.2 Å². The fourth-order valence-corrected chi connectivity index (χ4v) is 7.43. The Hall–Kier alpha value is -3.60. The molecule has 2 aromatic carbocycles. The van der Waals surface area contributed by atoms with Gasteiger partial charge in [0.05, 0.1) is 17.4 Å². The van der Waals surface area contributed by atoms with Gasteiger partial charge in [-0.15, -0.1) is 0 Å². The summed E-state index contributed by atoms with van der Waals surface area (Å²) in [6, 6.07) is 9.70. The van der Waals surface area contributed by atoms with Crippen LogP contribution in [-0.2, 0) is 15.1 Å². The number of hydrogen-bond donors (Lipinski definition) is 2. The van der Waals surface area contributed by atoms with Crippen LogP contribution in [0.15, 0.2) is 78.1 Å². The zero-order valence-corrected chi connectivity index (χ0v) is 24.1. The fourth-order valence-electron chi connectivity index (χ4n) is 7.19. The van der Waals surface area contributed by atoms with Gasteiger partial charge in [-0.3, -0.25) is 14.5 Å². The van der Waals surface area contributed by atoms with Crippen LogP contribution in [0.4, 0.5) is 24.5 Å². The molecule has 224 valence electrons. The minimum absolute atomic E-state index is 0.0273.